The molecule has 2 aromatic rings. The standard InChI is InChI=1S/C19H20INO3/c20-17-14-9-5-4-8-13(14)15(10-21)16(18(17)22)19(23)24-11-12-6-2-1-3-7-12/h1-3,6-7,22H,4-5,8-11,21H2. The van der Waals surface area contributed by atoms with Crippen LogP contribution in [-0.2, 0) is 30.7 Å². The summed E-state index contributed by atoms with van der Waals surface area (Å²) in [6.07, 6.45) is 4.01. The van der Waals surface area contributed by atoms with Crippen LogP contribution >= 0.6 is 22.6 Å². The normalized spacial score (nSPS) is 13.4. The lowest BCUT2D eigenvalue weighted by molar-refractivity contribution is 0.0467. The van der Waals surface area contributed by atoms with E-state index in [1.54, 1.807) is 0 Å². The summed E-state index contributed by atoms with van der Waals surface area (Å²) >= 11 is 2.12. The maximum Gasteiger partial charge on any atom is 0.342 e. The lowest BCUT2D eigenvalue weighted by Crippen LogP contribution is -2.18. The van der Waals surface area contributed by atoms with Crippen LogP contribution in [0.15, 0.2) is 30.3 Å². The summed E-state index contributed by atoms with van der Waals surface area (Å²) in [5.74, 6) is -0.502. The number of hydrogen-bond donors (Lipinski definition) is 2. The molecule has 1 aliphatic rings. The number of phenolic OH excluding ortho intramolecular Hbond substituents is 1. The van der Waals surface area contributed by atoms with Gasteiger partial charge >= 0.3 is 5.97 Å². The number of halogens is 1. The molecule has 0 spiro atoms. The van der Waals surface area contributed by atoms with Gasteiger partial charge in [0, 0.05) is 6.54 Å². The molecule has 0 heterocycles. The minimum atomic E-state index is -0.511. The Morgan fingerprint density at radius 3 is 2.50 bits per heavy atom. The number of nitrogens with two attached hydrogens (primary N) is 1. The Labute approximate surface area is 155 Å². The Kier molecular flexibility index (Phi) is 5.40. The first-order valence-corrected chi connectivity index (χ1v) is 9.17. The average Bonchev–Trinajstić information content (AvgIpc) is 2.63. The third kappa shape index (κ3) is 3.28. The maximum absolute atomic E-state index is 12.6. The van der Waals surface area contributed by atoms with Gasteiger partial charge in [0.05, 0.1) is 3.57 Å². The first-order chi connectivity index (χ1) is 11.6. The molecule has 0 aliphatic heterocycles. The van der Waals surface area contributed by atoms with Gasteiger partial charge in [-0.2, -0.15) is 0 Å². The van der Waals surface area contributed by atoms with Crippen molar-refractivity contribution < 1.29 is 14.6 Å². The molecule has 3 rings (SSSR count). The Bertz CT molecular complexity index is 759. The second kappa shape index (κ2) is 7.53. The highest BCUT2D eigenvalue weighted by Crippen LogP contribution is 2.38. The average molecular weight is 437 g/mol. The SMILES string of the molecule is NCc1c2c(c(I)c(O)c1C(=O)OCc1ccccc1)CCCC2. The van der Waals surface area contributed by atoms with Crippen molar-refractivity contribution in [2.75, 3.05) is 0 Å². The van der Waals surface area contributed by atoms with Crippen molar-refractivity contribution in [1.82, 2.24) is 0 Å². The highest BCUT2D eigenvalue weighted by atomic mass is 127. The number of rotatable bonds is 4. The Balaban J connectivity index is 1.94. The molecule has 2 aromatic carbocycles. The number of hydrogen-bond acceptors (Lipinski definition) is 4. The van der Waals surface area contributed by atoms with Gasteiger partial charge in [-0.15, -0.1) is 0 Å². The Morgan fingerprint density at radius 1 is 1.17 bits per heavy atom. The van der Waals surface area contributed by atoms with Crippen molar-refractivity contribution in [3.8, 4) is 5.75 Å². The van der Waals surface area contributed by atoms with Gasteiger partial charge in [-0.1, -0.05) is 30.3 Å². The Morgan fingerprint density at radius 2 is 1.83 bits per heavy atom. The van der Waals surface area contributed by atoms with Crippen molar-refractivity contribution in [2.45, 2.75) is 38.8 Å². The quantitative estimate of drug-likeness (QED) is 0.566. The number of phenols is 1. The van der Waals surface area contributed by atoms with E-state index < -0.39 is 5.97 Å². The first-order valence-electron chi connectivity index (χ1n) is 8.09. The van der Waals surface area contributed by atoms with Gasteiger partial charge in [-0.3, -0.25) is 0 Å². The molecule has 0 atom stereocenters. The van der Waals surface area contributed by atoms with Crippen LogP contribution in [0, 0.1) is 3.57 Å². The van der Waals surface area contributed by atoms with E-state index in [9.17, 15) is 9.90 Å². The predicted molar refractivity (Wildman–Crippen MR) is 101 cm³/mol. The van der Waals surface area contributed by atoms with E-state index in [1.165, 1.54) is 0 Å². The van der Waals surface area contributed by atoms with E-state index in [2.05, 4.69) is 22.6 Å². The molecule has 0 fully saturated rings. The van der Waals surface area contributed by atoms with E-state index in [0.29, 0.717) is 0 Å². The van der Waals surface area contributed by atoms with Gasteiger partial charge in [0.25, 0.3) is 0 Å². The summed E-state index contributed by atoms with van der Waals surface area (Å²) in [4.78, 5) is 12.6. The molecule has 24 heavy (non-hydrogen) atoms. The van der Waals surface area contributed by atoms with Crippen LogP contribution < -0.4 is 5.73 Å². The van der Waals surface area contributed by atoms with E-state index in [4.69, 9.17) is 10.5 Å². The van der Waals surface area contributed by atoms with Crippen LogP contribution in [0.5, 0.6) is 5.75 Å². The first kappa shape index (κ1) is 17.2. The summed E-state index contributed by atoms with van der Waals surface area (Å²) in [5, 5.41) is 10.6. The molecule has 0 radical (unpaired) electrons. The topological polar surface area (TPSA) is 72.5 Å². The molecule has 0 amide bonds. The fourth-order valence-electron chi connectivity index (χ4n) is 3.27. The smallest absolute Gasteiger partial charge is 0.342 e. The molecular formula is C19H20INO3. The molecule has 4 nitrogen and oxygen atoms in total. The number of ether oxygens (including phenoxy) is 1. The van der Waals surface area contributed by atoms with Crippen LogP contribution in [0.4, 0.5) is 0 Å². The summed E-state index contributed by atoms with van der Waals surface area (Å²) in [7, 11) is 0. The zero-order valence-electron chi connectivity index (χ0n) is 13.3. The summed E-state index contributed by atoms with van der Waals surface area (Å²) in [5.41, 5.74) is 10.1. The van der Waals surface area contributed by atoms with Crippen molar-refractivity contribution in [2.24, 2.45) is 5.73 Å². The third-order valence-electron chi connectivity index (χ3n) is 4.46. The van der Waals surface area contributed by atoms with Crippen LogP contribution in [-0.4, -0.2) is 11.1 Å². The van der Waals surface area contributed by atoms with E-state index in [0.717, 1.165) is 51.5 Å². The summed E-state index contributed by atoms with van der Waals surface area (Å²) in [6.45, 7) is 0.402. The van der Waals surface area contributed by atoms with E-state index >= 15 is 0 Å². The number of fused-ring (bicyclic) bond motifs is 1. The molecule has 0 saturated heterocycles. The lowest BCUT2D eigenvalue weighted by atomic mass is 9.85. The highest BCUT2D eigenvalue weighted by Gasteiger charge is 2.27. The lowest BCUT2D eigenvalue weighted by Gasteiger charge is -2.24. The van der Waals surface area contributed by atoms with Crippen molar-refractivity contribution in [3.63, 3.8) is 0 Å². The minimum absolute atomic E-state index is 0.00904. The van der Waals surface area contributed by atoms with Gasteiger partial charge in [0.1, 0.15) is 17.9 Å². The number of benzene rings is 2. The number of esters is 1. The molecule has 1 aliphatic carbocycles. The zero-order chi connectivity index (χ0) is 17.1. The summed E-state index contributed by atoms with van der Waals surface area (Å²) < 4.78 is 6.18. The molecule has 0 saturated carbocycles. The molecule has 0 unspecified atom stereocenters. The summed E-state index contributed by atoms with van der Waals surface area (Å²) in [6, 6.07) is 9.50. The molecule has 126 valence electrons. The number of aromatic hydroxyl groups is 1. The van der Waals surface area contributed by atoms with Gasteiger partial charge in [-0.05, 0) is 70.5 Å². The van der Waals surface area contributed by atoms with E-state index in [-0.39, 0.29) is 24.5 Å². The monoisotopic (exact) mass is 437 g/mol. The fourth-order valence-corrected chi connectivity index (χ4v) is 4.13. The second-order valence-corrected chi connectivity index (χ2v) is 7.02. The van der Waals surface area contributed by atoms with Crippen LogP contribution in [0.25, 0.3) is 0 Å². The minimum Gasteiger partial charge on any atom is -0.506 e. The third-order valence-corrected chi connectivity index (χ3v) is 5.63. The fraction of sp³-hybridized carbons (Fsp3) is 0.316. The maximum atomic E-state index is 12.6. The number of carbonyl (C=O) groups excluding carboxylic acids is 1. The molecular weight excluding hydrogens is 417 g/mol. The zero-order valence-corrected chi connectivity index (χ0v) is 15.5. The molecule has 5 heteroatoms. The van der Waals surface area contributed by atoms with Crippen molar-refractivity contribution in [3.05, 3.63) is 61.7 Å². The molecule has 3 N–H and O–H groups in total. The highest BCUT2D eigenvalue weighted by molar-refractivity contribution is 14.1. The van der Waals surface area contributed by atoms with Crippen molar-refractivity contribution in [1.29, 1.82) is 0 Å². The second-order valence-electron chi connectivity index (χ2n) is 5.95. The van der Waals surface area contributed by atoms with Gasteiger partial charge in [0.15, 0.2) is 0 Å². The largest absolute Gasteiger partial charge is 0.506 e. The predicted octanol–water partition coefficient (Wildman–Crippen LogP) is 3.69. The Hall–Kier alpha value is -1.60. The van der Waals surface area contributed by atoms with Crippen LogP contribution in [0.3, 0.4) is 0 Å². The van der Waals surface area contributed by atoms with Gasteiger partial charge in [-0.25, -0.2) is 4.79 Å². The van der Waals surface area contributed by atoms with Gasteiger partial charge < -0.3 is 15.6 Å². The molecule has 0 aromatic heterocycles. The number of carbonyl (C=O) groups is 1. The van der Waals surface area contributed by atoms with Crippen molar-refractivity contribution >= 4 is 28.6 Å². The van der Waals surface area contributed by atoms with Gasteiger partial charge in [0.2, 0.25) is 0 Å². The molecule has 0 bridgehead atoms. The van der Waals surface area contributed by atoms with E-state index in [1.807, 2.05) is 30.3 Å². The van der Waals surface area contributed by atoms with Crippen LogP contribution in [0.2, 0.25) is 0 Å². The van der Waals surface area contributed by atoms with Crippen LogP contribution in [0.1, 0.15) is 45.5 Å².